The number of aromatic nitrogens is 3. The second-order valence-electron chi connectivity index (χ2n) is 5.14. The van der Waals surface area contributed by atoms with E-state index in [1.54, 1.807) is 42.5 Å². The van der Waals surface area contributed by atoms with Crippen molar-refractivity contribution in [3.05, 3.63) is 68.7 Å². The maximum atomic E-state index is 12.5. The molecule has 25 heavy (non-hydrogen) atoms. The number of thiazole rings is 1. The summed E-state index contributed by atoms with van der Waals surface area (Å²) in [5.41, 5.74) is 0.996. The summed E-state index contributed by atoms with van der Waals surface area (Å²) < 4.78 is 11.7. The monoisotopic (exact) mass is 353 g/mol. The van der Waals surface area contributed by atoms with Crippen molar-refractivity contribution in [2.45, 2.75) is 0 Å². The van der Waals surface area contributed by atoms with Crippen molar-refractivity contribution in [1.29, 1.82) is 0 Å². The maximum absolute atomic E-state index is 12.5. The molecule has 3 aromatic heterocycles. The first-order valence-corrected chi connectivity index (χ1v) is 8.11. The molecule has 0 aliphatic heterocycles. The van der Waals surface area contributed by atoms with Crippen LogP contribution in [0.4, 0.5) is 0 Å². The summed E-state index contributed by atoms with van der Waals surface area (Å²) in [4.78, 5) is 28.7. The van der Waals surface area contributed by atoms with Gasteiger partial charge in [-0.25, -0.2) is 4.79 Å². The summed E-state index contributed by atoms with van der Waals surface area (Å²) in [6, 6.07) is 10.3. The Balaban J connectivity index is 1.73. The number of fused-ring (bicyclic) bond motifs is 1. The number of hydrogen-bond acceptors (Lipinski definition) is 7. The smallest absolute Gasteiger partial charge is 0.337 e. The summed E-state index contributed by atoms with van der Waals surface area (Å²) in [7, 11) is 1.33. The summed E-state index contributed by atoms with van der Waals surface area (Å²) in [6.45, 7) is 0. The number of ether oxygens (including phenoxy) is 1. The first-order chi connectivity index (χ1) is 12.2. The van der Waals surface area contributed by atoms with Crippen LogP contribution in [0.25, 0.3) is 22.6 Å². The van der Waals surface area contributed by atoms with Gasteiger partial charge in [0, 0.05) is 0 Å². The normalized spacial score (nSPS) is 12.0. The second kappa shape index (κ2) is 5.99. The lowest BCUT2D eigenvalue weighted by Crippen LogP contribution is -2.23. The van der Waals surface area contributed by atoms with Gasteiger partial charge in [0.15, 0.2) is 5.76 Å². The zero-order valence-corrected chi connectivity index (χ0v) is 13.8. The Bertz CT molecular complexity index is 1160. The van der Waals surface area contributed by atoms with Crippen LogP contribution in [0.1, 0.15) is 15.9 Å². The van der Waals surface area contributed by atoms with Crippen LogP contribution >= 0.6 is 11.3 Å². The fourth-order valence-corrected chi connectivity index (χ4v) is 3.24. The van der Waals surface area contributed by atoms with Crippen LogP contribution in [0.3, 0.4) is 0 Å². The first kappa shape index (κ1) is 15.3. The van der Waals surface area contributed by atoms with Crippen molar-refractivity contribution in [2.75, 3.05) is 7.11 Å². The summed E-state index contributed by atoms with van der Waals surface area (Å²) >= 11 is 1.24. The molecule has 0 N–H and O–H groups in total. The molecular formula is C17H11N3O4S. The van der Waals surface area contributed by atoms with Crippen LogP contribution in [0, 0.1) is 0 Å². The van der Waals surface area contributed by atoms with Gasteiger partial charge in [0.25, 0.3) is 5.56 Å². The van der Waals surface area contributed by atoms with Crippen LogP contribution in [0.5, 0.6) is 0 Å². The topological polar surface area (TPSA) is 86.7 Å². The minimum absolute atomic E-state index is 0.248. The van der Waals surface area contributed by atoms with Crippen molar-refractivity contribution in [3.63, 3.8) is 0 Å². The van der Waals surface area contributed by atoms with Crippen molar-refractivity contribution in [1.82, 2.24) is 14.6 Å². The van der Waals surface area contributed by atoms with Crippen LogP contribution in [0.15, 0.2) is 51.9 Å². The molecule has 3 heterocycles. The minimum Gasteiger partial charge on any atom is -0.465 e. The van der Waals surface area contributed by atoms with Crippen molar-refractivity contribution >= 4 is 28.3 Å². The van der Waals surface area contributed by atoms with E-state index in [2.05, 4.69) is 14.8 Å². The van der Waals surface area contributed by atoms with Crippen LogP contribution in [0.2, 0.25) is 0 Å². The number of esters is 1. The van der Waals surface area contributed by atoms with Gasteiger partial charge in [-0.3, -0.25) is 4.79 Å². The molecule has 0 saturated heterocycles. The van der Waals surface area contributed by atoms with Gasteiger partial charge >= 0.3 is 5.97 Å². The Morgan fingerprint density at radius 2 is 2.08 bits per heavy atom. The van der Waals surface area contributed by atoms with E-state index in [-0.39, 0.29) is 5.56 Å². The highest BCUT2D eigenvalue weighted by atomic mass is 32.1. The molecule has 8 heteroatoms. The fraction of sp³-hybridized carbons (Fsp3) is 0.0588. The van der Waals surface area contributed by atoms with Gasteiger partial charge in [-0.05, 0) is 35.9 Å². The van der Waals surface area contributed by atoms with Gasteiger partial charge in [0.2, 0.25) is 10.8 Å². The lowest BCUT2D eigenvalue weighted by Gasteiger charge is -1.98. The second-order valence-corrected chi connectivity index (χ2v) is 6.15. The van der Waals surface area contributed by atoms with E-state index < -0.39 is 5.97 Å². The van der Waals surface area contributed by atoms with Crippen LogP contribution < -0.4 is 10.1 Å². The Kier molecular flexibility index (Phi) is 3.66. The Morgan fingerprint density at radius 1 is 1.28 bits per heavy atom. The predicted octanol–water partition coefficient (Wildman–Crippen LogP) is 1.75. The lowest BCUT2D eigenvalue weighted by molar-refractivity contribution is 0.0600. The standard InChI is InChI=1S/C17H11N3O4S/c1-23-16(22)11-6-4-10(5-7-11)9-13-15(21)20-17(25-13)18-14(19-20)12-3-2-8-24-12/h2-9H,1H3. The molecule has 0 spiro atoms. The van der Waals surface area contributed by atoms with Gasteiger partial charge < -0.3 is 9.15 Å². The molecule has 0 bridgehead atoms. The summed E-state index contributed by atoms with van der Waals surface area (Å²) in [5, 5.41) is 4.19. The van der Waals surface area contributed by atoms with Crippen molar-refractivity contribution < 1.29 is 13.9 Å². The average Bonchev–Trinajstić information content (AvgIpc) is 3.34. The molecule has 0 amide bonds. The van der Waals surface area contributed by atoms with E-state index in [1.807, 2.05) is 0 Å². The number of hydrogen-bond donors (Lipinski definition) is 0. The highest BCUT2D eigenvalue weighted by Crippen LogP contribution is 2.16. The Hall–Kier alpha value is -3.26. The third-order valence-electron chi connectivity index (χ3n) is 3.55. The Labute approximate surface area is 144 Å². The van der Waals surface area contributed by atoms with Gasteiger partial charge in [-0.2, -0.15) is 9.50 Å². The number of methoxy groups -OCH3 is 1. The van der Waals surface area contributed by atoms with Gasteiger partial charge in [0.1, 0.15) is 0 Å². The number of furan rings is 1. The molecule has 1 aromatic carbocycles. The van der Waals surface area contributed by atoms with Crippen LogP contribution in [-0.2, 0) is 4.74 Å². The highest BCUT2D eigenvalue weighted by molar-refractivity contribution is 7.15. The minimum atomic E-state index is -0.402. The average molecular weight is 353 g/mol. The molecule has 0 saturated carbocycles. The Morgan fingerprint density at radius 3 is 2.72 bits per heavy atom. The van der Waals surface area contributed by atoms with Crippen LogP contribution in [-0.4, -0.2) is 27.7 Å². The third kappa shape index (κ3) is 2.72. The fourth-order valence-electron chi connectivity index (χ4n) is 2.33. The van der Waals surface area contributed by atoms with Gasteiger partial charge in [-0.1, -0.05) is 23.5 Å². The third-order valence-corrected chi connectivity index (χ3v) is 4.51. The molecule has 0 unspecified atom stereocenters. The molecule has 7 nitrogen and oxygen atoms in total. The molecule has 124 valence electrons. The number of carbonyl (C=O) groups is 1. The quantitative estimate of drug-likeness (QED) is 0.522. The molecule has 0 aliphatic rings. The van der Waals surface area contributed by atoms with E-state index in [1.165, 1.54) is 29.2 Å². The van der Waals surface area contributed by atoms with E-state index in [4.69, 9.17) is 4.42 Å². The highest BCUT2D eigenvalue weighted by Gasteiger charge is 2.13. The summed E-state index contributed by atoms with van der Waals surface area (Å²) in [6.07, 6.45) is 3.26. The molecule has 4 aromatic rings. The zero-order valence-electron chi connectivity index (χ0n) is 13.0. The largest absolute Gasteiger partial charge is 0.465 e. The molecular weight excluding hydrogens is 342 g/mol. The number of carbonyl (C=O) groups excluding carboxylic acids is 1. The number of rotatable bonds is 3. The maximum Gasteiger partial charge on any atom is 0.337 e. The molecule has 0 radical (unpaired) electrons. The van der Waals surface area contributed by atoms with Gasteiger partial charge in [-0.15, -0.1) is 5.10 Å². The number of nitrogens with zero attached hydrogens (tertiary/aromatic N) is 3. The molecule has 0 aliphatic carbocycles. The zero-order chi connectivity index (χ0) is 17.4. The summed E-state index contributed by atoms with van der Waals surface area (Å²) in [5.74, 6) is 0.488. The first-order valence-electron chi connectivity index (χ1n) is 7.29. The van der Waals surface area contributed by atoms with Gasteiger partial charge in [0.05, 0.1) is 23.5 Å². The van der Waals surface area contributed by atoms with E-state index >= 15 is 0 Å². The van der Waals surface area contributed by atoms with Crippen molar-refractivity contribution in [3.8, 4) is 11.6 Å². The van der Waals surface area contributed by atoms with E-state index in [0.29, 0.717) is 26.6 Å². The molecule has 0 atom stereocenters. The van der Waals surface area contributed by atoms with E-state index in [0.717, 1.165) is 5.56 Å². The lowest BCUT2D eigenvalue weighted by atomic mass is 10.1. The predicted molar refractivity (Wildman–Crippen MR) is 91.4 cm³/mol. The SMILES string of the molecule is COC(=O)c1ccc(C=c2sc3nc(-c4ccco4)nn3c2=O)cc1. The number of benzene rings is 1. The van der Waals surface area contributed by atoms with Crippen molar-refractivity contribution in [2.24, 2.45) is 0 Å². The van der Waals surface area contributed by atoms with E-state index in [9.17, 15) is 9.59 Å². The molecule has 4 rings (SSSR count). The molecule has 0 fully saturated rings.